The van der Waals surface area contributed by atoms with Crippen LogP contribution in [0.2, 0.25) is 0 Å². The molecule has 0 aliphatic rings. The number of rotatable bonds is 9. The Bertz CT molecular complexity index is 417. The molecule has 1 aromatic heterocycles. The monoisotopic (exact) mass is 286 g/mol. The summed E-state index contributed by atoms with van der Waals surface area (Å²) in [6.45, 7) is 3.67. The fourth-order valence-electron chi connectivity index (χ4n) is 1.15. The molecule has 0 aliphatic heterocycles. The van der Waals surface area contributed by atoms with E-state index in [0.29, 0.717) is 42.4 Å². The highest BCUT2D eigenvalue weighted by molar-refractivity contribution is 7.99. The van der Waals surface area contributed by atoms with Gasteiger partial charge in [-0.1, -0.05) is 11.8 Å². The fraction of sp³-hybridized carbons (Fsp3) is 0.600. The molecule has 0 atom stereocenters. The molecule has 0 aliphatic carbocycles. The van der Waals surface area contributed by atoms with Gasteiger partial charge in [-0.15, -0.1) is 0 Å². The van der Waals surface area contributed by atoms with Crippen molar-refractivity contribution in [2.24, 2.45) is 5.73 Å². The maximum atomic E-state index is 10.5. The van der Waals surface area contributed by atoms with Crippen LogP contribution in [0.3, 0.4) is 0 Å². The molecule has 19 heavy (non-hydrogen) atoms. The summed E-state index contributed by atoms with van der Waals surface area (Å²) in [6, 6.07) is 0. The summed E-state index contributed by atoms with van der Waals surface area (Å²) >= 11 is 1.28. The van der Waals surface area contributed by atoms with Crippen LogP contribution in [0.15, 0.2) is 5.16 Å². The van der Waals surface area contributed by atoms with Crippen molar-refractivity contribution in [1.82, 2.24) is 15.0 Å². The number of nitrogens with one attached hydrogen (secondary N) is 2. The predicted octanol–water partition coefficient (Wildman–Crippen LogP) is 0.241. The molecule has 0 spiro atoms. The van der Waals surface area contributed by atoms with Gasteiger partial charge in [-0.25, -0.2) is 0 Å². The molecule has 5 N–H and O–H groups in total. The molecule has 8 nitrogen and oxygen atoms in total. The van der Waals surface area contributed by atoms with Crippen LogP contribution in [0.5, 0.6) is 0 Å². The SMILES string of the molecule is CCNc1nc(NCCN)nc(SCCC(=O)O)n1. The van der Waals surface area contributed by atoms with E-state index in [4.69, 9.17) is 10.8 Å². The van der Waals surface area contributed by atoms with E-state index in [2.05, 4.69) is 25.6 Å². The van der Waals surface area contributed by atoms with Gasteiger partial charge in [-0.05, 0) is 6.92 Å². The number of nitrogens with two attached hydrogens (primary N) is 1. The number of carboxylic acids is 1. The largest absolute Gasteiger partial charge is 0.481 e. The Kier molecular flexibility index (Phi) is 6.90. The topological polar surface area (TPSA) is 126 Å². The number of anilines is 2. The molecular formula is C10H18N6O2S. The number of carbonyl (C=O) groups is 1. The Balaban J connectivity index is 2.71. The zero-order chi connectivity index (χ0) is 14.1. The number of hydrogen-bond donors (Lipinski definition) is 4. The normalized spacial score (nSPS) is 10.2. The Hall–Kier alpha value is -1.61. The van der Waals surface area contributed by atoms with Crippen molar-refractivity contribution in [3.63, 3.8) is 0 Å². The lowest BCUT2D eigenvalue weighted by molar-refractivity contribution is -0.136. The van der Waals surface area contributed by atoms with Crippen LogP contribution in [-0.4, -0.2) is 51.4 Å². The summed E-state index contributed by atoms with van der Waals surface area (Å²) in [5, 5.41) is 15.1. The Morgan fingerprint density at radius 3 is 2.58 bits per heavy atom. The van der Waals surface area contributed by atoms with Gasteiger partial charge < -0.3 is 21.5 Å². The smallest absolute Gasteiger partial charge is 0.304 e. The first-order chi connectivity index (χ1) is 9.15. The van der Waals surface area contributed by atoms with Crippen molar-refractivity contribution >= 4 is 29.6 Å². The highest BCUT2D eigenvalue weighted by Gasteiger charge is 2.07. The number of hydrogen-bond acceptors (Lipinski definition) is 8. The van der Waals surface area contributed by atoms with Crippen molar-refractivity contribution in [2.75, 3.05) is 36.0 Å². The molecule has 0 saturated heterocycles. The van der Waals surface area contributed by atoms with E-state index in [0.717, 1.165) is 0 Å². The van der Waals surface area contributed by atoms with E-state index in [-0.39, 0.29) is 6.42 Å². The van der Waals surface area contributed by atoms with Gasteiger partial charge in [0.15, 0.2) is 5.16 Å². The van der Waals surface area contributed by atoms with Crippen LogP contribution in [0.25, 0.3) is 0 Å². The van der Waals surface area contributed by atoms with Crippen molar-refractivity contribution in [2.45, 2.75) is 18.5 Å². The minimum Gasteiger partial charge on any atom is -0.481 e. The molecule has 106 valence electrons. The second-order valence-corrected chi connectivity index (χ2v) is 4.57. The van der Waals surface area contributed by atoms with Crippen LogP contribution < -0.4 is 16.4 Å². The number of nitrogens with zero attached hydrogens (tertiary/aromatic N) is 3. The third-order valence-electron chi connectivity index (χ3n) is 1.92. The van der Waals surface area contributed by atoms with Crippen molar-refractivity contribution in [3.05, 3.63) is 0 Å². The van der Waals surface area contributed by atoms with E-state index in [9.17, 15) is 4.79 Å². The standard InChI is InChI=1S/C10H18N6O2S/c1-2-12-8-14-9(13-5-4-11)16-10(15-8)19-6-3-7(17)18/h2-6,11H2,1H3,(H,17,18)(H2,12,13,14,15,16). The lowest BCUT2D eigenvalue weighted by atomic mass is 10.5. The number of aliphatic carboxylic acids is 1. The third-order valence-corrected chi connectivity index (χ3v) is 2.77. The molecule has 0 bridgehead atoms. The summed E-state index contributed by atoms with van der Waals surface area (Å²) in [5.74, 6) is 0.486. The first-order valence-corrected chi connectivity index (χ1v) is 6.92. The number of carboxylic acid groups (broad SMARTS) is 1. The zero-order valence-corrected chi connectivity index (χ0v) is 11.5. The molecule has 1 rings (SSSR count). The lowest BCUT2D eigenvalue weighted by Gasteiger charge is -2.08. The summed E-state index contributed by atoms with van der Waals surface area (Å²) in [7, 11) is 0. The van der Waals surface area contributed by atoms with Gasteiger partial charge in [0.25, 0.3) is 0 Å². The van der Waals surface area contributed by atoms with Gasteiger partial charge in [0.2, 0.25) is 11.9 Å². The van der Waals surface area contributed by atoms with Crippen LogP contribution in [0, 0.1) is 0 Å². The molecule has 0 fully saturated rings. The maximum Gasteiger partial charge on any atom is 0.304 e. The highest BCUT2D eigenvalue weighted by atomic mass is 32.2. The molecule has 0 saturated carbocycles. The van der Waals surface area contributed by atoms with Gasteiger partial charge in [-0.3, -0.25) is 4.79 Å². The zero-order valence-electron chi connectivity index (χ0n) is 10.7. The lowest BCUT2D eigenvalue weighted by Crippen LogP contribution is -2.16. The average molecular weight is 286 g/mol. The molecule has 9 heteroatoms. The molecular weight excluding hydrogens is 268 g/mol. The average Bonchev–Trinajstić information content (AvgIpc) is 2.36. The summed E-state index contributed by atoms with van der Waals surface area (Å²) in [5.41, 5.74) is 5.40. The van der Waals surface area contributed by atoms with Gasteiger partial charge >= 0.3 is 5.97 Å². The van der Waals surface area contributed by atoms with Crippen LogP contribution >= 0.6 is 11.8 Å². The molecule has 0 unspecified atom stereocenters. The van der Waals surface area contributed by atoms with E-state index >= 15 is 0 Å². The predicted molar refractivity (Wildman–Crippen MR) is 74.5 cm³/mol. The van der Waals surface area contributed by atoms with Crippen LogP contribution in [-0.2, 0) is 4.79 Å². The van der Waals surface area contributed by atoms with Gasteiger partial charge in [-0.2, -0.15) is 15.0 Å². The van der Waals surface area contributed by atoms with Crippen LogP contribution in [0.4, 0.5) is 11.9 Å². The van der Waals surface area contributed by atoms with Crippen molar-refractivity contribution in [1.29, 1.82) is 0 Å². The molecule has 1 heterocycles. The highest BCUT2D eigenvalue weighted by Crippen LogP contribution is 2.17. The van der Waals surface area contributed by atoms with Crippen molar-refractivity contribution < 1.29 is 9.90 Å². The van der Waals surface area contributed by atoms with E-state index in [1.165, 1.54) is 11.8 Å². The fourth-order valence-corrected chi connectivity index (χ4v) is 1.91. The minimum absolute atomic E-state index is 0.0679. The number of aromatic nitrogens is 3. The summed E-state index contributed by atoms with van der Waals surface area (Å²) < 4.78 is 0. The maximum absolute atomic E-state index is 10.5. The Morgan fingerprint density at radius 2 is 2.00 bits per heavy atom. The molecule has 0 radical (unpaired) electrons. The van der Waals surface area contributed by atoms with Gasteiger partial charge in [0.05, 0.1) is 6.42 Å². The Labute approximate surface area is 115 Å². The molecule has 0 amide bonds. The quantitative estimate of drug-likeness (QED) is 0.472. The van der Waals surface area contributed by atoms with Gasteiger partial charge in [0.1, 0.15) is 0 Å². The van der Waals surface area contributed by atoms with E-state index in [1.54, 1.807) is 0 Å². The van der Waals surface area contributed by atoms with Crippen molar-refractivity contribution in [3.8, 4) is 0 Å². The summed E-state index contributed by atoms with van der Waals surface area (Å²) in [4.78, 5) is 23.0. The number of thioether (sulfide) groups is 1. The summed E-state index contributed by atoms with van der Waals surface area (Å²) in [6.07, 6.45) is 0.0679. The van der Waals surface area contributed by atoms with E-state index in [1.807, 2.05) is 6.92 Å². The minimum atomic E-state index is -0.838. The second kappa shape index (κ2) is 8.48. The third kappa shape index (κ3) is 6.20. The molecule has 1 aromatic rings. The van der Waals surface area contributed by atoms with Gasteiger partial charge in [0, 0.05) is 25.4 Å². The first kappa shape index (κ1) is 15.4. The second-order valence-electron chi connectivity index (χ2n) is 3.50. The first-order valence-electron chi connectivity index (χ1n) is 5.94. The Morgan fingerprint density at radius 1 is 1.32 bits per heavy atom. The molecule has 0 aromatic carbocycles. The van der Waals surface area contributed by atoms with Crippen LogP contribution in [0.1, 0.15) is 13.3 Å². The van der Waals surface area contributed by atoms with E-state index < -0.39 is 5.97 Å².